The van der Waals surface area contributed by atoms with Crippen LogP contribution in [0.3, 0.4) is 0 Å². The number of nitriles is 1. The first-order valence-electron chi connectivity index (χ1n) is 10.1. The van der Waals surface area contributed by atoms with Crippen molar-refractivity contribution >= 4 is 16.8 Å². The number of H-pyrrole nitrogens is 1. The Balaban J connectivity index is 1.27. The maximum Gasteiger partial charge on any atom is 0.330 e. The molecule has 1 atom stereocenters. The molecule has 3 heterocycles. The Morgan fingerprint density at radius 1 is 1.07 bits per heavy atom. The molecule has 1 aromatic carbocycles. The quantitative estimate of drug-likeness (QED) is 0.753. The van der Waals surface area contributed by atoms with E-state index in [0.29, 0.717) is 11.6 Å². The minimum Gasteiger partial charge on any atom is -0.369 e. The van der Waals surface area contributed by atoms with Gasteiger partial charge in [-0.25, -0.2) is 4.79 Å². The summed E-state index contributed by atoms with van der Waals surface area (Å²) in [5.41, 5.74) is 4.93. The molecule has 1 N–H and O–H groups in total. The van der Waals surface area contributed by atoms with Crippen molar-refractivity contribution in [3.63, 3.8) is 0 Å². The fourth-order valence-electron chi connectivity index (χ4n) is 4.50. The van der Waals surface area contributed by atoms with Gasteiger partial charge in [0.25, 0.3) is 0 Å². The fourth-order valence-corrected chi connectivity index (χ4v) is 4.50. The van der Waals surface area contributed by atoms with Crippen LogP contribution in [0.25, 0.3) is 11.1 Å². The van der Waals surface area contributed by atoms with Crippen LogP contribution in [0.15, 0.2) is 59.5 Å². The third-order valence-corrected chi connectivity index (χ3v) is 6.13. The van der Waals surface area contributed by atoms with Crippen LogP contribution in [-0.4, -0.2) is 46.5 Å². The maximum absolute atomic E-state index is 12.3. The molecule has 2 aliphatic rings. The number of allylic oxidation sites excluding steroid dienone is 1. The normalized spacial score (nSPS) is 20.0. The molecule has 1 saturated heterocycles. The van der Waals surface area contributed by atoms with Gasteiger partial charge in [0.15, 0.2) is 0 Å². The minimum absolute atomic E-state index is 0.0807. The van der Waals surface area contributed by atoms with E-state index in [1.54, 1.807) is 10.6 Å². The van der Waals surface area contributed by atoms with Crippen molar-refractivity contribution in [1.82, 2.24) is 14.3 Å². The Labute approximate surface area is 169 Å². The lowest BCUT2D eigenvalue weighted by Crippen LogP contribution is -2.49. The summed E-state index contributed by atoms with van der Waals surface area (Å²) in [6, 6.07) is 16.4. The zero-order valence-corrected chi connectivity index (χ0v) is 16.2. The van der Waals surface area contributed by atoms with E-state index in [1.807, 2.05) is 36.4 Å². The number of hydrogen-bond acceptors (Lipinski definition) is 4. The molecule has 0 radical (unpaired) electrons. The van der Waals surface area contributed by atoms with E-state index >= 15 is 0 Å². The lowest BCUT2D eigenvalue weighted by atomic mass is 10.1. The Morgan fingerprint density at radius 3 is 2.62 bits per heavy atom. The zero-order valence-electron chi connectivity index (χ0n) is 16.2. The van der Waals surface area contributed by atoms with Gasteiger partial charge in [0, 0.05) is 49.8 Å². The van der Waals surface area contributed by atoms with Crippen LogP contribution in [-0.2, 0) is 0 Å². The van der Waals surface area contributed by atoms with Gasteiger partial charge in [-0.05, 0) is 60.9 Å². The molecule has 0 unspecified atom stereocenters. The largest absolute Gasteiger partial charge is 0.369 e. The first-order chi connectivity index (χ1) is 14.2. The summed E-state index contributed by atoms with van der Waals surface area (Å²) in [5, 5.41) is 8.96. The van der Waals surface area contributed by atoms with Crippen LogP contribution in [0.4, 0.5) is 5.69 Å². The molecule has 1 aliphatic heterocycles. The average Bonchev–Trinajstić information content (AvgIpc) is 3.44. The summed E-state index contributed by atoms with van der Waals surface area (Å²) < 4.78 is 1.64. The Hall–Kier alpha value is -3.30. The van der Waals surface area contributed by atoms with E-state index in [2.05, 4.69) is 33.0 Å². The van der Waals surface area contributed by atoms with Crippen molar-refractivity contribution in [3.8, 4) is 6.07 Å². The van der Waals surface area contributed by atoms with Crippen LogP contribution in [0.1, 0.15) is 24.1 Å². The van der Waals surface area contributed by atoms with E-state index in [-0.39, 0.29) is 5.69 Å². The van der Waals surface area contributed by atoms with Gasteiger partial charge in [0.2, 0.25) is 0 Å². The standard InChI is InChI=1S/C23H23N5O/c24-16-17-3-6-19(7-4-17)26-10-12-27(13-11-26)20-8-5-18(14-20)22-15-21-2-1-9-28(21)23(29)25-22/h1-4,6-7,9,14-15,20H,5,8,10-13H2,(H,25,29)/t20-/m1/s1. The molecule has 3 aromatic rings. The number of fused-ring (bicyclic) bond motifs is 1. The number of nitrogens with one attached hydrogen (secondary N) is 1. The topological polar surface area (TPSA) is 67.5 Å². The van der Waals surface area contributed by atoms with Gasteiger partial charge in [-0.15, -0.1) is 0 Å². The molecular weight excluding hydrogens is 362 g/mol. The number of aromatic amines is 1. The Morgan fingerprint density at radius 2 is 1.86 bits per heavy atom. The lowest BCUT2D eigenvalue weighted by Gasteiger charge is -2.38. The van der Waals surface area contributed by atoms with Crippen LogP contribution in [0.5, 0.6) is 0 Å². The SMILES string of the molecule is N#Cc1ccc(N2CCN([C@H]3C=C(c4cc5cccn5c(=O)[nH]4)CC3)CC2)cc1. The highest BCUT2D eigenvalue weighted by Gasteiger charge is 2.27. The molecule has 6 nitrogen and oxygen atoms in total. The molecular formula is C23H23N5O. The third kappa shape index (κ3) is 3.34. The molecule has 6 heteroatoms. The maximum atomic E-state index is 12.3. The number of anilines is 1. The van der Waals surface area contributed by atoms with Crippen LogP contribution in [0, 0.1) is 11.3 Å². The van der Waals surface area contributed by atoms with E-state index in [4.69, 9.17) is 5.26 Å². The summed E-state index contributed by atoms with van der Waals surface area (Å²) >= 11 is 0. The van der Waals surface area contributed by atoms with Gasteiger partial charge in [0.05, 0.1) is 17.1 Å². The summed E-state index contributed by atoms with van der Waals surface area (Å²) in [7, 11) is 0. The van der Waals surface area contributed by atoms with Crippen molar-refractivity contribution in [2.45, 2.75) is 18.9 Å². The van der Waals surface area contributed by atoms with E-state index in [9.17, 15) is 4.79 Å². The molecule has 1 fully saturated rings. The van der Waals surface area contributed by atoms with Gasteiger partial charge < -0.3 is 9.88 Å². The molecule has 146 valence electrons. The number of nitrogens with zero attached hydrogens (tertiary/aromatic N) is 4. The third-order valence-electron chi connectivity index (χ3n) is 6.13. The smallest absolute Gasteiger partial charge is 0.330 e. The first kappa shape index (κ1) is 17.8. The molecule has 0 saturated carbocycles. The molecule has 0 bridgehead atoms. The number of hydrogen-bond donors (Lipinski definition) is 1. The summed E-state index contributed by atoms with van der Waals surface area (Å²) in [6.07, 6.45) is 6.22. The Bertz CT molecular complexity index is 1160. The van der Waals surface area contributed by atoms with Crippen molar-refractivity contribution < 1.29 is 0 Å². The number of piperazine rings is 1. The van der Waals surface area contributed by atoms with Gasteiger partial charge in [0.1, 0.15) is 0 Å². The van der Waals surface area contributed by atoms with Crippen LogP contribution in [0.2, 0.25) is 0 Å². The second-order valence-corrected chi connectivity index (χ2v) is 7.77. The van der Waals surface area contributed by atoms with Gasteiger partial charge in [-0.2, -0.15) is 5.26 Å². The van der Waals surface area contributed by atoms with Crippen LogP contribution < -0.4 is 10.6 Å². The molecule has 29 heavy (non-hydrogen) atoms. The highest BCUT2D eigenvalue weighted by molar-refractivity contribution is 5.68. The van der Waals surface area contributed by atoms with E-state index in [1.165, 1.54) is 11.3 Å². The highest BCUT2D eigenvalue weighted by atomic mass is 16.1. The second-order valence-electron chi connectivity index (χ2n) is 7.77. The van der Waals surface area contributed by atoms with Gasteiger partial charge in [-0.3, -0.25) is 9.30 Å². The number of benzene rings is 1. The van der Waals surface area contributed by atoms with Crippen LogP contribution >= 0.6 is 0 Å². The predicted molar refractivity (Wildman–Crippen MR) is 114 cm³/mol. The predicted octanol–water partition coefficient (Wildman–Crippen LogP) is 2.87. The van der Waals surface area contributed by atoms with E-state index < -0.39 is 0 Å². The molecule has 0 spiro atoms. The molecule has 0 amide bonds. The minimum atomic E-state index is -0.0807. The fraction of sp³-hybridized carbons (Fsp3) is 0.304. The number of rotatable bonds is 3. The summed E-state index contributed by atoms with van der Waals surface area (Å²) in [5.74, 6) is 0. The number of aromatic nitrogens is 2. The average molecular weight is 385 g/mol. The van der Waals surface area contributed by atoms with Crippen molar-refractivity contribution in [1.29, 1.82) is 5.26 Å². The monoisotopic (exact) mass is 385 g/mol. The van der Waals surface area contributed by atoms with Crippen molar-refractivity contribution in [3.05, 3.63) is 76.5 Å². The summed E-state index contributed by atoms with van der Waals surface area (Å²) in [6.45, 7) is 4.00. The summed E-state index contributed by atoms with van der Waals surface area (Å²) in [4.78, 5) is 20.2. The molecule has 2 aromatic heterocycles. The van der Waals surface area contributed by atoms with Crippen molar-refractivity contribution in [2.24, 2.45) is 0 Å². The lowest BCUT2D eigenvalue weighted by molar-refractivity contribution is 0.214. The molecule has 5 rings (SSSR count). The van der Waals surface area contributed by atoms with Crippen molar-refractivity contribution in [2.75, 3.05) is 31.1 Å². The second kappa shape index (κ2) is 7.26. The Kier molecular flexibility index (Phi) is 4.45. The molecule has 1 aliphatic carbocycles. The zero-order chi connectivity index (χ0) is 19.8. The van der Waals surface area contributed by atoms with Gasteiger partial charge in [-0.1, -0.05) is 6.08 Å². The van der Waals surface area contributed by atoms with E-state index in [0.717, 1.165) is 50.2 Å². The van der Waals surface area contributed by atoms with Gasteiger partial charge >= 0.3 is 5.69 Å². The first-order valence-corrected chi connectivity index (χ1v) is 10.1. The highest BCUT2D eigenvalue weighted by Crippen LogP contribution is 2.30.